The van der Waals surface area contributed by atoms with Crippen LogP contribution in [0.5, 0.6) is 11.5 Å². The van der Waals surface area contributed by atoms with Crippen molar-refractivity contribution < 1.29 is 27.1 Å². The lowest BCUT2D eigenvalue weighted by Gasteiger charge is -2.18. The van der Waals surface area contributed by atoms with E-state index >= 15 is 0 Å². The monoisotopic (exact) mass is 388 g/mol. The first-order valence-corrected chi connectivity index (χ1v) is 8.13. The normalized spacial score (nSPS) is 14.3. The minimum Gasteiger partial charge on any atom is -0.456 e. The average molecular weight is 388 g/mol. The summed E-state index contributed by atoms with van der Waals surface area (Å²) in [5, 5.41) is 8.75. The lowest BCUT2D eigenvalue weighted by molar-refractivity contribution is -0.141. The van der Waals surface area contributed by atoms with Crippen LogP contribution in [0, 0.1) is 11.3 Å². The van der Waals surface area contributed by atoms with Crippen LogP contribution in [-0.2, 0) is 10.7 Å². The van der Waals surface area contributed by atoms with Gasteiger partial charge in [-0.05, 0) is 42.8 Å². The van der Waals surface area contributed by atoms with Crippen LogP contribution < -0.4 is 4.74 Å². The number of halogens is 4. The molecule has 0 bridgehead atoms. The molecule has 0 amide bonds. The Morgan fingerprint density at radius 3 is 2.32 bits per heavy atom. The fraction of sp³-hybridized carbons (Fsp3) is 0.150. The molecule has 142 valence electrons. The summed E-state index contributed by atoms with van der Waals surface area (Å²) in [5.41, 5.74) is -1.20. The Labute approximate surface area is 157 Å². The molecule has 0 saturated heterocycles. The quantitative estimate of drug-likeness (QED) is 0.654. The van der Waals surface area contributed by atoms with Crippen molar-refractivity contribution in [1.29, 1.82) is 5.26 Å². The Morgan fingerprint density at radius 2 is 1.75 bits per heavy atom. The van der Waals surface area contributed by atoms with Crippen LogP contribution in [0.3, 0.4) is 0 Å². The Morgan fingerprint density at radius 1 is 1.07 bits per heavy atom. The molecule has 2 aromatic rings. The molecular formula is C20H12F4N2O2. The molecule has 28 heavy (non-hydrogen) atoms. The van der Waals surface area contributed by atoms with E-state index < -0.39 is 41.0 Å². The van der Waals surface area contributed by atoms with Crippen LogP contribution in [0.25, 0.3) is 0 Å². The zero-order valence-corrected chi connectivity index (χ0v) is 14.3. The van der Waals surface area contributed by atoms with Gasteiger partial charge in [0.2, 0.25) is 5.78 Å². The fourth-order valence-corrected chi connectivity index (χ4v) is 2.55. The summed E-state index contributed by atoms with van der Waals surface area (Å²) in [6.07, 6.45) is 0.687. The first-order chi connectivity index (χ1) is 13.3. The molecule has 1 aliphatic carbocycles. The van der Waals surface area contributed by atoms with E-state index in [1.807, 2.05) is 6.07 Å². The van der Waals surface area contributed by atoms with Crippen LogP contribution in [0.2, 0.25) is 0 Å². The third-order valence-electron chi connectivity index (χ3n) is 4.02. The molecule has 1 aromatic heterocycles. The maximum absolute atomic E-state index is 14.4. The van der Waals surface area contributed by atoms with E-state index in [1.165, 1.54) is 30.3 Å². The average Bonchev–Trinajstić information content (AvgIpc) is 2.68. The van der Waals surface area contributed by atoms with Gasteiger partial charge in [0.25, 0.3) is 0 Å². The molecule has 8 heteroatoms. The largest absolute Gasteiger partial charge is 0.456 e. The van der Waals surface area contributed by atoms with Crippen molar-refractivity contribution in [3.05, 3.63) is 77.2 Å². The highest BCUT2D eigenvalue weighted by molar-refractivity contribution is 6.01. The fourth-order valence-electron chi connectivity index (χ4n) is 2.55. The van der Waals surface area contributed by atoms with Gasteiger partial charge < -0.3 is 4.74 Å². The third-order valence-corrected chi connectivity index (χ3v) is 4.02. The maximum Gasteiger partial charge on any atom is 0.351 e. The Kier molecular flexibility index (Phi) is 5.27. The molecule has 0 spiro atoms. The molecule has 0 N–H and O–H groups in total. The number of carbonyl (C=O) groups excluding carboxylic acids is 1. The number of Topliss-reactive ketones (excluding diaryl/α,β-unsaturated/α-hetero) is 1. The van der Waals surface area contributed by atoms with Crippen molar-refractivity contribution >= 4 is 5.78 Å². The van der Waals surface area contributed by atoms with E-state index in [0.717, 1.165) is 12.3 Å². The Balaban J connectivity index is 1.78. The molecule has 0 radical (unpaired) electrons. The molecule has 4 nitrogen and oxygen atoms in total. The second-order valence-corrected chi connectivity index (χ2v) is 5.94. The summed E-state index contributed by atoms with van der Waals surface area (Å²) in [6.45, 7) is 0. The van der Waals surface area contributed by atoms with Crippen molar-refractivity contribution in [1.82, 2.24) is 4.98 Å². The molecule has 0 aliphatic heterocycles. The van der Waals surface area contributed by atoms with Gasteiger partial charge >= 0.3 is 5.92 Å². The van der Waals surface area contributed by atoms with Gasteiger partial charge in [-0.2, -0.15) is 14.0 Å². The predicted molar refractivity (Wildman–Crippen MR) is 90.9 cm³/mol. The van der Waals surface area contributed by atoms with Crippen molar-refractivity contribution in [2.75, 3.05) is 0 Å². The summed E-state index contributed by atoms with van der Waals surface area (Å²) in [6, 6.07) is 10.1. The smallest absolute Gasteiger partial charge is 0.351 e. The molecular weight excluding hydrogens is 376 g/mol. The van der Waals surface area contributed by atoms with Crippen molar-refractivity contribution in [3.8, 4) is 17.6 Å². The first-order valence-electron chi connectivity index (χ1n) is 8.13. The Bertz CT molecular complexity index is 1000. The number of nitriles is 1. The number of rotatable bonds is 5. The zero-order chi connectivity index (χ0) is 20.3. The van der Waals surface area contributed by atoms with Crippen LogP contribution in [0.1, 0.15) is 24.1 Å². The topological polar surface area (TPSA) is 63.0 Å². The SMILES string of the molecule is N#Cc1ccc(Oc2ccc(C(F)(F)C(=O)C3=C(F)C=C(F)CC3)nc2)cc1. The van der Waals surface area contributed by atoms with Crippen LogP contribution >= 0.6 is 0 Å². The number of ether oxygens (including phenoxy) is 1. The van der Waals surface area contributed by atoms with E-state index in [9.17, 15) is 22.4 Å². The van der Waals surface area contributed by atoms with E-state index in [4.69, 9.17) is 10.00 Å². The summed E-state index contributed by atoms with van der Waals surface area (Å²) in [4.78, 5) is 15.6. The van der Waals surface area contributed by atoms with Gasteiger partial charge in [0.05, 0.1) is 17.8 Å². The molecule has 1 aromatic carbocycles. The molecule has 0 saturated carbocycles. The number of hydrogen-bond acceptors (Lipinski definition) is 4. The summed E-state index contributed by atoms with van der Waals surface area (Å²) in [7, 11) is 0. The number of nitrogens with zero attached hydrogens (tertiary/aromatic N) is 2. The van der Waals surface area contributed by atoms with Gasteiger partial charge in [0, 0.05) is 18.1 Å². The lowest BCUT2D eigenvalue weighted by Crippen LogP contribution is -2.29. The second kappa shape index (κ2) is 7.64. The molecule has 0 fully saturated rings. The molecule has 0 atom stereocenters. The summed E-state index contributed by atoms with van der Waals surface area (Å²) < 4.78 is 61.0. The minimum atomic E-state index is -4.07. The molecule has 3 rings (SSSR count). The number of allylic oxidation sites excluding steroid dienone is 4. The highest BCUT2D eigenvalue weighted by atomic mass is 19.3. The molecule has 1 heterocycles. The predicted octanol–water partition coefficient (Wildman–Crippen LogP) is 5.28. The van der Waals surface area contributed by atoms with Crippen LogP contribution in [-0.4, -0.2) is 10.8 Å². The Hall–Kier alpha value is -3.47. The number of aromatic nitrogens is 1. The molecule has 0 unspecified atom stereocenters. The standard InChI is InChI=1S/C20H12F4N2O2/c21-13-3-7-16(17(22)9-13)19(27)20(23,24)18-8-6-15(11-26-18)28-14-4-1-12(10-25)2-5-14/h1-2,4-6,8-9,11H,3,7H2. The van der Waals surface area contributed by atoms with E-state index in [1.54, 1.807) is 0 Å². The van der Waals surface area contributed by atoms with Gasteiger partial charge in [0.1, 0.15) is 28.8 Å². The number of carbonyl (C=O) groups is 1. The van der Waals surface area contributed by atoms with Gasteiger partial charge in [0.15, 0.2) is 0 Å². The number of ketones is 1. The maximum atomic E-state index is 14.4. The van der Waals surface area contributed by atoms with Crippen LogP contribution in [0.15, 0.2) is 65.9 Å². The lowest BCUT2D eigenvalue weighted by atomic mass is 9.94. The van der Waals surface area contributed by atoms with E-state index in [0.29, 0.717) is 17.4 Å². The summed E-state index contributed by atoms with van der Waals surface area (Å²) >= 11 is 0. The van der Waals surface area contributed by atoms with Crippen molar-refractivity contribution in [3.63, 3.8) is 0 Å². The second-order valence-electron chi connectivity index (χ2n) is 5.94. The highest BCUT2D eigenvalue weighted by Crippen LogP contribution is 2.36. The third kappa shape index (κ3) is 3.93. The van der Waals surface area contributed by atoms with E-state index in [2.05, 4.69) is 4.98 Å². The number of benzene rings is 1. The number of pyridine rings is 1. The zero-order valence-electron chi connectivity index (χ0n) is 14.3. The number of alkyl halides is 2. The first kappa shape index (κ1) is 19.3. The van der Waals surface area contributed by atoms with Gasteiger partial charge in [-0.25, -0.2) is 8.78 Å². The number of hydrogen-bond donors (Lipinski definition) is 0. The van der Waals surface area contributed by atoms with Gasteiger partial charge in [-0.15, -0.1) is 0 Å². The highest BCUT2D eigenvalue weighted by Gasteiger charge is 2.45. The molecule has 1 aliphatic rings. The minimum absolute atomic E-state index is 0.129. The van der Waals surface area contributed by atoms with Gasteiger partial charge in [-0.3, -0.25) is 9.78 Å². The van der Waals surface area contributed by atoms with Crippen molar-refractivity contribution in [2.45, 2.75) is 18.8 Å². The summed E-state index contributed by atoms with van der Waals surface area (Å²) in [5.74, 6) is -7.43. The van der Waals surface area contributed by atoms with Crippen LogP contribution in [0.4, 0.5) is 17.6 Å². The van der Waals surface area contributed by atoms with Gasteiger partial charge in [-0.1, -0.05) is 0 Å². The van der Waals surface area contributed by atoms with E-state index in [-0.39, 0.29) is 12.2 Å². The van der Waals surface area contributed by atoms with Crippen molar-refractivity contribution in [2.24, 2.45) is 0 Å².